The van der Waals surface area contributed by atoms with Gasteiger partial charge in [0, 0.05) is 23.6 Å². The SMILES string of the molecule is COc1ccsc1S(=O)(=O)NCCc1c[nH]c2ccccc12. The normalized spacial score (nSPS) is 11.9. The van der Waals surface area contributed by atoms with Gasteiger partial charge in [-0.1, -0.05) is 18.2 Å². The number of ether oxygens (including phenoxy) is 1. The number of hydrogen-bond donors (Lipinski definition) is 2. The molecule has 0 fully saturated rings. The topological polar surface area (TPSA) is 71.2 Å². The lowest BCUT2D eigenvalue weighted by atomic mass is 10.1. The fourth-order valence-electron chi connectivity index (χ4n) is 2.35. The van der Waals surface area contributed by atoms with E-state index in [4.69, 9.17) is 4.74 Å². The number of thiophene rings is 1. The Morgan fingerprint density at radius 1 is 1.27 bits per heavy atom. The molecule has 0 atom stereocenters. The first-order valence-electron chi connectivity index (χ1n) is 6.78. The summed E-state index contributed by atoms with van der Waals surface area (Å²) in [5, 5.41) is 2.82. The van der Waals surface area contributed by atoms with Crippen LogP contribution in [0, 0.1) is 0 Å². The Balaban J connectivity index is 1.70. The molecule has 0 saturated carbocycles. The van der Waals surface area contributed by atoms with Gasteiger partial charge in [0.2, 0.25) is 0 Å². The third kappa shape index (κ3) is 2.87. The molecule has 0 aliphatic carbocycles. The molecule has 0 saturated heterocycles. The van der Waals surface area contributed by atoms with Crippen molar-refractivity contribution in [1.82, 2.24) is 9.71 Å². The highest BCUT2D eigenvalue weighted by Crippen LogP contribution is 2.29. The van der Waals surface area contributed by atoms with Gasteiger partial charge in [0.15, 0.2) is 4.21 Å². The first kappa shape index (κ1) is 15.1. The second kappa shape index (κ2) is 6.12. The van der Waals surface area contributed by atoms with Crippen LogP contribution in [-0.4, -0.2) is 27.1 Å². The maximum absolute atomic E-state index is 12.3. The standard InChI is InChI=1S/C15H16N2O3S2/c1-20-14-7-9-21-15(14)22(18,19)17-8-6-11-10-16-13-5-3-2-4-12(11)13/h2-5,7,9-10,16-17H,6,8H2,1H3. The molecular formula is C15H16N2O3S2. The van der Waals surface area contributed by atoms with Crippen molar-refractivity contribution < 1.29 is 13.2 Å². The maximum Gasteiger partial charge on any atom is 0.253 e. The highest BCUT2D eigenvalue weighted by atomic mass is 32.2. The van der Waals surface area contributed by atoms with E-state index >= 15 is 0 Å². The lowest BCUT2D eigenvalue weighted by molar-refractivity contribution is 0.406. The number of methoxy groups -OCH3 is 1. The molecule has 2 N–H and O–H groups in total. The minimum Gasteiger partial charge on any atom is -0.494 e. The third-order valence-electron chi connectivity index (χ3n) is 3.42. The van der Waals surface area contributed by atoms with Crippen molar-refractivity contribution >= 4 is 32.3 Å². The summed E-state index contributed by atoms with van der Waals surface area (Å²) in [6.07, 6.45) is 2.54. The molecule has 116 valence electrons. The first-order valence-corrected chi connectivity index (χ1v) is 9.14. The van der Waals surface area contributed by atoms with Crippen LogP contribution in [0.2, 0.25) is 0 Å². The van der Waals surface area contributed by atoms with E-state index in [1.54, 1.807) is 11.4 Å². The molecule has 0 radical (unpaired) electrons. The average molecular weight is 336 g/mol. The maximum atomic E-state index is 12.3. The summed E-state index contributed by atoms with van der Waals surface area (Å²) in [6.45, 7) is 0.339. The molecule has 7 heteroatoms. The number of sulfonamides is 1. The molecule has 5 nitrogen and oxygen atoms in total. The van der Waals surface area contributed by atoms with E-state index in [0.29, 0.717) is 18.7 Å². The fourth-order valence-corrected chi connectivity index (χ4v) is 4.71. The van der Waals surface area contributed by atoms with Gasteiger partial charge in [0.05, 0.1) is 7.11 Å². The molecule has 3 rings (SSSR count). The minimum absolute atomic E-state index is 0.217. The summed E-state index contributed by atoms with van der Waals surface area (Å²) in [5.41, 5.74) is 2.15. The quantitative estimate of drug-likeness (QED) is 0.727. The van der Waals surface area contributed by atoms with E-state index in [1.165, 1.54) is 7.11 Å². The molecule has 3 aromatic rings. The van der Waals surface area contributed by atoms with Crippen molar-refractivity contribution in [3.05, 3.63) is 47.5 Å². The van der Waals surface area contributed by atoms with Crippen molar-refractivity contribution in [2.45, 2.75) is 10.6 Å². The van der Waals surface area contributed by atoms with Crippen molar-refractivity contribution in [3.8, 4) is 5.75 Å². The number of para-hydroxylation sites is 1. The summed E-state index contributed by atoms with van der Waals surface area (Å²) in [6, 6.07) is 9.62. The molecule has 0 aliphatic heterocycles. The summed E-state index contributed by atoms with van der Waals surface area (Å²) in [5.74, 6) is 0.379. The lowest BCUT2D eigenvalue weighted by Gasteiger charge is -2.06. The molecule has 2 aromatic heterocycles. The number of rotatable bonds is 6. The van der Waals surface area contributed by atoms with Gasteiger partial charge in [0.1, 0.15) is 5.75 Å². The van der Waals surface area contributed by atoms with Gasteiger partial charge in [-0.05, 0) is 29.5 Å². The van der Waals surface area contributed by atoms with E-state index in [1.807, 2.05) is 30.5 Å². The lowest BCUT2D eigenvalue weighted by Crippen LogP contribution is -2.25. The Kier molecular flexibility index (Phi) is 4.19. The van der Waals surface area contributed by atoms with Crippen LogP contribution in [0.15, 0.2) is 46.1 Å². The largest absolute Gasteiger partial charge is 0.494 e. The predicted octanol–water partition coefficient (Wildman–Crippen LogP) is 2.76. The van der Waals surface area contributed by atoms with Gasteiger partial charge in [-0.25, -0.2) is 13.1 Å². The highest BCUT2D eigenvalue weighted by Gasteiger charge is 2.20. The Morgan fingerprint density at radius 2 is 2.09 bits per heavy atom. The zero-order valence-electron chi connectivity index (χ0n) is 12.0. The van der Waals surface area contributed by atoms with E-state index in [9.17, 15) is 8.42 Å². The van der Waals surface area contributed by atoms with E-state index in [0.717, 1.165) is 27.8 Å². The second-order valence-electron chi connectivity index (χ2n) is 4.78. The molecule has 0 amide bonds. The summed E-state index contributed by atoms with van der Waals surface area (Å²) in [7, 11) is -2.07. The third-order valence-corrected chi connectivity index (χ3v) is 6.33. The predicted molar refractivity (Wildman–Crippen MR) is 88.1 cm³/mol. The second-order valence-corrected chi connectivity index (χ2v) is 7.66. The summed E-state index contributed by atoms with van der Waals surface area (Å²) < 4.78 is 32.5. The van der Waals surface area contributed by atoms with Crippen LogP contribution in [0.1, 0.15) is 5.56 Å². The number of nitrogens with one attached hydrogen (secondary N) is 2. The number of fused-ring (bicyclic) bond motifs is 1. The Bertz CT molecular complexity index is 881. The van der Waals surface area contributed by atoms with Crippen molar-refractivity contribution in [2.75, 3.05) is 13.7 Å². The fraction of sp³-hybridized carbons (Fsp3) is 0.200. The van der Waals surface area contributed by atoms with Gasteiger partial charge in [-0.15, -0.1) is 11.3 Å². The molecule has 0 spiro atoms. The van der Waals surface area contributed by atoms with E-state index < -0.39 is 10.0 Å². The number of aromatic nitrogens is 1. The van der Waals surface area contributed by atoms with Crippen LogP contribution in [0.5, 0.6) is 5.75 Å². The van der Waals surface area contributed by atoms with Gasteiger partial charge >= 0.3 is 0 Å². The van der Waals surface area contributed by atoms with Crippen LogP contribution in [0.25, 0.3) is 10.9 Å². The van der Waals surface area contributed by atoms with Gasteiger partial charge in [-0.2, -0.15) is 0 Å². The number of hydrogen-bond acceptors (Lipinski definition) is 4. The molecule has 2 heterocycles. The Labute approximate surface area is 133 Å². The molecule has 1 aromatic carbocycles. The van der Waals surface area contributed by atoms with Crippen molar-refractivity contribution in [3.63, 3.8) is 0 Å². The smallest absolute Gasteiger partial charge is 0.253 e. The number of benzene rings is 1. The van der Waals surface area contributed by atoms with E-state index in [2.05, 4.69) is 9.71 Å². The zero-order valence-corrected chi connectivity index (χ0v) is 13.6. The number of aromatic amines is 1. The number of H-pyrrole nitrogens is 1. The molecule has 0 aliphatic rings. The molecule has 0 bridgehead atoms. The van der Waals surface area contributed by atoms with Crippen LogP contribution in [-0.2, 0) is 16.4 Å². The Hall–Kier alpha value is -1.83. The summed E-state index contributed by atoms with van der Waals surface area (Å²) >= 11 is 1.15. The molecular weight excluding hydrogens is 320 g/mol. The van der Waals surface area contributed by atoms with Gasteiger partial charge in [0.25, 0.3) is 10.0 Å². The van der Waals surface area contributed by atoms with Gasteiger partial charge in [-0.3, -0.25) is 0 Å². The van der Waals surface area contributed by atoms with Crippen molar-refractivity contribution in [1.29, 1.82) is 0 Å². The van der Waals surface area contributed by atoms with Crippen LogP contribution in [0.3, 0.4) is 0 Å². The monoisotopic (exact) mass is 336 g/mol. The van der Waals surface area contributed by atoms with E-state index in [-0.39, 0.29) is 4.21 Å². The van der Waals surface area contributed by atoms with Crippen LogP contribution in [0.4, 0.5) is 0 Å². The average Bonchev–Trinajstić information content (AvgIpc) is 3.14. The van der Waals surface area contributed by atoms with Crippen LogP contribution < -0.4 is 9.46 Å². The Morgan fingerprint density at radius 3 is 2.91 bits per heavy atom. The highest BCUT2D eigenvalue weighted by molar-refractivity contribution is 7.91. The minimum atomic E-state index is -3.53. The first-order chi connectivity index (χ1) is 10.6. The molecule has 0 unspecified atom stereocenters. The van der Waals surface area contributed by atoms with Gasteiger partial charge < -0.3 is 9.72 Å². The van der Waals surface area contributed by atoms with Crippen LogP contribution >= 0.6 is 11.3 Å². The molecule has 22 heavy (non-hydrogen) atoms. The zero-order chi connectivity index (χ0) is 15.6. The summed E-state index contributed by atoms with van der Waals surface area (Å²) in [4.78, 5) is 3.19. The van der Waals surface area contributed by atoms with Crippen molar-refractivity contribution in [2.24, 2.45) is 0 Å².